The van der Waals surface area contributed by atoms with E-state index in [1.807, 2.05) is 18.7 Å². The van der Waals surface area contributed by atoms with Crippen LogP contribution in [0.5, 0.6) is 0 Å². The van der Waals surface area contributed by atoms with Crippen LogP contribution in [0.25, 0.3) is 0 Å². The lowest BCUT2D eigenvalue weighted by atomic mass is 10.1. The summed E-state index contributed by atoms with van der Waals surface area (Å²) < 4.78 is 1.86. The van der Waals surface area contributed by atoms with Crippen molar-refractivity contribution in [3.63, 3.8) is 0 Å². The average molecular weight is 164 g/mol. The Balaban J connectivity index is 2.75. The normalized spacial score (nSPS) is 10.0. The lowest BCUT2D eigenvalue weighted by molar-refractivity contribution is 0.756. The van der Waals surface area contributed by atoms with E-state index in [0.29, 0.717) is 0 Å². The first-order chi connectivity index (χ1) is 5.59. The van der Waals surface area contributed by atoms with Crippen LogP contribution in [0.4, 0.5) is 0 Å². The fourth-order valence-corrected chi connectivity index (χ4v) is 1.16. The van der Waals surface area contributed by atoms with Crippen LogP contribution >= 0.6 is 0 Å². The van der Waals surface area contributed by atoms with E-state index in [0.717, 1.165) is 12.1 Å². The van der Waals surface area contributed by atoms with Crippen molar-refractivity contribution >= 4 is 0 Å². The van der Waals surface area contributed by atoms with E-state index >= 15 is 0 Å². The number of aromatic nitrogens is 2. The highest BCUT2D eigenvalue weighted by Crippen LogP contribution is 2.07. The van der Waals surface area contributed by atoms with E-state index in [1.54, 1.807) is 0 Å². The van der Waals surface area contributed by atoms with Crippen LogP contribution < -0.4 is 0 Å². The number of hydrogen-bond acceptors (Lipinski definition) is 1. The van der Waals surface area contributed by atoms with Crippen molar-refractivity contribution in [3.8, 4) is 0 Å². The van der Waals surface area contributed by atoms with Gasteiger partial charge in [0.25, 0.3) is 0 Å². The molecular formula is C10H16N2. The highest BCUT2D eigenvalue weighted by Gasteiger charge is 1.99. The minimum atomic E-state index is 1.00. The molecule has 0 aliphatic carbocycles. The summed E-state index contributed by atoms with van der Waals surface area (Å²) in [6.07, 6.45) is 5.31. The first-order valence-electron chi connectivity index (χ1n) is 4.22. The van der Waals surface area contributed by atoms with Crippen molar-refractivity contribution in [1.82, 2.24) is 9.78 Å². The largest absolute Gasteiger partial charge is 0.275 e. The fourth-order valence-electron chi connectivity index (χ4n) is 1.16. The van der Waals surface area contributed by atoms with Crippen LogP contribution in [-0.2, 0) is 13.5 Å². The molecule has 0 aliphatic rings. The van der Waals surface area contributed by atoms with Crippen molar-refractivity contribution in [1.29, 1.82) is 0 Å². The molecule has 0 unspecified atom stereocenters. The Labute approximate surface area is 73.9 Å². The third-order valence-corrected chi connectivity index (χ3v) is 1.85. The van der Waals surface area contributed by atoms with Crippen molar-refractivity contribution in [2.24, 2.45) is 7.05 Å². The molecule has 0 saturated heterocycles. The van der Waals surface area contributed by atoms with Gasteiger partial charge in [-0.15, -0.1) is 0 Å². The topological polar surface area (TPSA) is 17.8 Å². The highest BCUT2D eigenvalue weighted by atomic mass is 15.2. The molecule has 1 aromatic rings. The molecule has 0 spiro atoms. The van der Waals surface area contributed by atoms with Gasteiger partial charge in [0.15, 0.2) is 0 Å². The second-order valence-electron chi connectivity index (χ2n) is 3.40. The second kappa shape index (κ2) is 3.57. The first-order valence-corrected chi connectivity index (χ1v) is 4.22. The summed E-state index contributed by atoms with van der Waals surface area (Å²) in [5.41, 5.74) is 3.81. The van der Waals surface area contributed by atoms with Gasteiger partial charge < -0.3 is 0 Å². The van der Waals surface area contributed by atoms with E-state index in [9.17, 15) is 0 Å². The predicted octanol–water partition coefficient (Wildman–Crippen LogP) is 2.24. The van der Waals surface area contributed by atoms with E-state index in [-0.39, 0.29) is 0 Å². The molecule has 0 saturated carbocycles. The van der Waals surface area contributed by atoms with Gasteiger partial charge in [0, 0.05) is 13.2 Å². The molecule has 0 N–H and O–H groups in total. The highest BCUT2D eigenvalue weighted by molar-refractivity contribution is 5.19. The van der Waals surface area contributed by atoms with Crippen LogP contribution in [0.15, 0.2) is 17.8 Å². The van der Waals surface area contributed by atoms with Gasteiger partial charge in [-0.3, -0.25) is 4.68 Å². The lowest BCUT2D eigenvalue weighted by Crippen LogP contribution is -1.86. The maximum Gasteiger partial charge on any atom is 0.0628 e. The third-order valence-electron chi connectivity index (χ3n) is 1.85. The summed E-state index contributed by atoms with van der Waals surface area (Å²) in [4.78, 5) is 0. The minimum absolute atomic E-state index is 1.00. The molecule has 0 aliphatic heterocycles. The Hall–Kier alpha value is -1.05. The van der Waals surface area contributed by atoms with Crippen molar-refractivity contribution in [2.75, 3.05) is 0 Å². The predicted molar refractivity (Wildman–Crippen MR) is 51.1 cm³/mol. The van der Waals surface area contributed by atoms with E-state index in [1.165, 1.54) is 11.1 Å². The molecule has 2 nitrogen and oxygen atoms in total. The fraction of sp³-hybridized carbons (Fsp3) is 0.500. The molecule has 66 valence electrons. The number of hydrogen-bond donors (Lipinski definition) is 0. The standard InChI is InChI=1S/C10H16N2/c1-8(2)5-6-10-7-12(4)11-9(10)3/h5,7H,6H2,1-4H3. The van der Waals surface area contributed by atoms with Gasteiger partial charge >= 0.3 is 0 Å². The van der Waals surface area contributed by atoms with Gasteiger partial charge in [0.2, 0.25) is 0 Å². The molecule has 0 atom stereocenters. The second-order valence-corrected chi connectivity index (χ2v) is 3.40. The molecule has 1 rings (SSSR count). The van der Waals surface area contributed by atoms with Gasteiger partial charge in [0.1, 0.15) is 0 Å². The Morgan fingerprint density at radius 3 is 2.67 bits per heavy atom. The van der Waals surface area contributed by atoms with Gasteiger partial charge in [0.05, 0.1) is 5.69 Å². The zero-order valence-electron chi connectivity index (χ0n) is 8.26. The zero-order valence-corrected chi connectivity index (χ0v) is 8.26. The minimum Gasteiger partial charge on any atom is -0.275 e. The summed E-state index contributed by atoms with van der Waals surface area (Å²) >= 11 is 0. The van der Waals surface area contributed by atoms with Crippen molar-refractivity contribution in [2.45, 2.75) is 27.2 Å². The van der Waals surface area contributed by atoms with Crippen LogP contribution in [0.2, 0.25) is 0 Å². The third kappa shape index (κ3) is 2.22. The maximum absolute atomic E-state index is 4.28. The van der Waals surface area contributed by atoms with Gasteiger partial charge in [-0.25, -0.2) is 0 Å². The SMILES string of the molecule is CC(C)=CCc1cn(C)nc1C. The Morgan fingerprint density at radius 1 is 1.58 bits per heavy atom. The molecule has 2 heteroatoms. The van der Waals surface area contributed by atoms with Crippen LogP contribution in [-0.4, -0.2) is 9.78 Å². The number of allylic oxidation sites excluding steroid dienone is 2. The molecule has 0 amide bonds. The van der Waals surface area contributed by atoms with E-state index in [2.05, 4.69) is 31.2 Å². The smallest absolute Gasteiger partial charge is 0.0628 e. The maximum atomic E-state index is 4.28. The molecular weight excluding hydrogens is 148 g/mol. The Kier molecular flexibility index (Phi) is 2.69. The molecule has 1 heterocycles. The lowest BCUT2D eigenvalue weighted by Gasteiger charge is -1.92. The average Bonchev–Trinajstić information content (AvgIpc) is 2.26. The monoisotopic (exact) mass is 164 g/mol. The summed E-state index contributed by atoms with van der Waals surface area (Å²) in [6.45, 7) is 6.28. The molecule has 12 heavy (non-hydrogen) atoms. The van der Waals surface area contributed by atoms with Gasteiger partial charge in [-0.1, -0.05) is 11.6 Å². The summed E-state index contributed by atoms with van der Waals surface area (Å²) in [6, 6.07) is 0. The number of nitrogens with zero attached hydrogens (tertiary/aromatic N) is 2. The Morgan fingerprint density at radius 2 is 2.25 bits per heavy atom. The molecule has 0 radical (unpaired) electrons. The molecule has 0 aromatic carbocycles. The summed E-state index contributed by atoms with van der Waals surface area (Å²) in [5, 5.41) is 4.28. The van der Waals surface area contributed by atoms with E-state index < -0.39 is 0 Å². The summed E-state index contributed by atoms with van der Waals surface area (Å²) in [7, 11) is 1.96. The summed E-state index contributed by atoms with van der Waals surface area (Å²) in [5.74, 6) is 0. The molecule has 1 aromatic heterocycles. The first kappa shape index (κ1) is 9.04. The van der Waals surface area contributed by atoms with Crippen molar-refractivity contribution in [3.05, 3.63) is 29.1 Å². The number of aryl methyl sites for hydroxylation is 2. The van der Waals surface area contributed by atoms with Crippen LogP contribution in [0, 0.1) is 6.92 Å². The van der Waals surface area contributed by atoms with Crippen molar-refractivity contribution < 1.29 is 0 Å². The quantitative estimate of drug-likeness (QED) is 0.613. The molecule has 0 fully saturated rings. The van der Waals surface area contributed by atoms with Crippen LogP contribution in [0.1, 0.15) is 25.1 Å². The van der Waals surface area contributed by atoms with Crippen LogP contribution in [0.3, 0.4) is 0 Å². The van der Waals surface area contributed by atoms with E-state index in [4.69, 9.17) is 0 Å². The number of rotatable bonds is 2. The van der Waals surface area contributed by atoms with Gasteiger partial charge in [-0.2, -0.15) is 5.10 Å². The molecule has 0 bridgehead atoms. The Bertz CT molecular complexity index is 291. The zero-order chi connectivity index (χ0) is 9.14. The van der Waals surface area contributed by atoms with Gasteiger partial charge in [-0.05, 0) is 32.8 Å².